The number of nitrogens with one attached hydrogen (secondary N) is 1. The molecule has 0 spiro atoms. The van der Waals surface area contributed by atoms with Gasteiger partial charge in [-0.05, 0) is 55.7 Å². The Kier molecular flexibility index (Phi) is 5.95. The minimum Gasteiger partial charge on any atom is -0.436 e. The lowest BCUT2D eigenvalue weighted by atomic mass is 10.1. The SMILES string of the molecule is O=C(NCc1ccccn1)c1ccc(Oc2nccnc2N2CCCCC2)cc1. The van der Waals surface area contributed by atoms with Gasteiger partial charge in [0.2, 0.25) is 0 Å². The maximum absolute atomic E-state index is 12.3. The first kappa shape index (κ1) is 18.9. The van der Waals surface area contributed by atoms with Crippen LogP contribution in [-0.2, 0) is 6.54 Å². The van der Waals surface area contributed by atoms with Crippen LogP contribution in [0.4, 0.5) is 5.82 Å². The van der Waals surface area contributed by atoms with Crippen LogP contribution in [-0.4, -0.2) is 33.9 Å². The number of carbonyl (C=O) groups excluding carboxylic acids is 1. The predicted molar refractivity (Wildman–Crippen MR) is 110 cm³/mol. The number of benzene rings is 1. The number of nitrogens with zero attached hydrogens (tertiary/aromatic N) is 4. The summed E-state index contributed by atoms with van der Waals surface area (Å²) >= 11 is 0. The molecule has 0 unspecified atom stereocenters. The summed E-state index contributed by atoms with van der Waals surface area (Å²) in [7, 11) is 0. The monoisotopic (exact) mass is 389 g/mol. The van der Waals surface area contributed by atoms with Crippen LogP contribution in [0.5, 0.6) is 11.6 Å². The summed E-state index contributed by atoms with van der Waals surface area (Å²) in [4.78, 5) is 27.6. The van der Waals surface area contributed by atoms with E-state index in [2.05, 4.69) is 25.2 Å². The lowest BCUT2D eigenvalue weighted by Gasteiger charge is -2.28. The molecule has 0 radical (unpaired) electrons. The van der Waals surface area contributed by atoms with Crippen LogP contribution in [0.25, 0.3) is 0 Å². The lowest BCUT2D eigenvalue weighted by Crippen LogP contribution is -2.30. The van der Waals surface area contributed by atoms with Gasteiger partial charge in [-0.25, -0.2) is 9.97 Å². The molecule has 0 saturated carbocycles. The smallest absolute Gasteiger partial charge is 0.263 e. The highest BCUT2D eigenvalue weighted by atomic mass is 16.5. The quantitative estimate of drug-likeness (QED) is 0.694. The highest BCUT2D eigenvalue weighted by Crippen LogP contribution is 2.29. The maximum atomic E-state index is 12.3. The molecule has 3 aromatic rings. The third-order valence-corrected chi connectivity index (χ3v) is 4.79. The van der Waals surface area contributed by atoms with Gasteiger partial charge < -0.3 is 15.0 Å². The van der Waals surface area contributed by atoms with Crippen LogP contribution >= 0.6 is 0 Å². The molecule has 1 aromatic carbocycles. The molecule has 1 aliphatic rings. The van der Waals surface area contributed by atoms with Gasteiger partial charge in [0, 0.05) is 37.2 Å². The fourth-order valence-electron chi connectivity index (χ4n) is 3.27. The first-order valence-electron chi connectivity index (χ1n) is 9.81. The Bertz CT molecular complexity index is 941. The molecule has 148 valence electrons. The van der Waals surface area contributed by atoms with E-state index in [0.717, 1.165) is 37.4 Å². The summed E-state index contributed by atoms with van der Waals surface area (Å²) in [5.41, 5.74) is 1.37. The second kappa shape index (κ2) is 9.14. The Hall–Kier alpha value is -3.48. The van der Waals surface area contributed by atoms with Crippen molar-refractivity contribution in [1.29, 1.82) is 0 Å². The molecule has 3 heterocycles. The number of pyridine rings is 1. The average Bonchev–Trinajstić information content (AvgIpc) is 2.80. The van der Waals surface area contributed by atoms with Crippen molar-refractivity contribution in [2.24, 2.45) is 0 Å². The lowest BCUT2D eigenvalue weighted by molar-refractivity contribution is 0.0950. The summed E-state index contributed by atoms with van der Waals surface area (Å²) in [6.45, 7) is 2.31. The van der Waals surface area contributed by atoms with Gasteiger partial charge in [0.15, 0.2) is 5.82 Å². The predicted octanol–water partition coefficient (Wildman–Crippen LogP) is 3.58. The molecule has 7 heteroatoms. The summed E-state index contributed by atoms with van der Waals surface area (Å²) < 4.78 is 5.97. The number of amides is 1. The van der Waals surface area contributed by atoms with Gasteiger partial charge in [0.1, 0.15) is 5.75 Å². The number of hydrogen-bond acceptors (Lipinski definition) is 6. The molecule has 0 atom stereocenters. The Balaban J connectivity index is 1.40. The Labute approximate surface area is 169 Å². The number of rotatable bonds is 6. The normalized spacial score (nSPS) is 13.7. The number of carbonyl (C=O) groups is 1. The van der Waals surface area contributed by atoms with Crippen molar-refractivity contribution in [3.63, 3.8) is 0 Å². The Morgan fingerprint density at radius 2 is 1.72 bits per heavy atom. The van der Waals surface area contributed by atoms with E-state index in [4.69, 9.17) is 4.74 Å². The van der Waals surface area contributed by atoms with E-state index < -0.39 is 0 Å². The first-order chi connectivity index (χ1) is 14.3. The fourth-order valence-corrected chi connectivity index (χ4v) is 3.27. The standard InChI is InChI=1S/C22H23N5O2/c28-21(26-16-18-6-2-3-11-23-18)17-7-9-19(10-8-17)29-22-20(24-12-13-25-22)27-14-4-1-5-15-27/h2-3,6-13H,1,4-5,14-16H2,(H,26,28). The molecule has 1 aliphatic heterocycles. The van der Waals surface area contributed by atoms with Crippen LogP contribution in [0.1, 0.15) is 35.3 Å². The molecule has 4 rings (SSSR count). The molecule has 29 heavy (non-hydrogen) atoms. The van der Waals surface area contributed by atoms with E-state index in [0.29, 0.717) is 23.7 Å². The second-order valence-corrected chi connectivity index (χ2v) is 6.86. The number of anilines is 1. The Morgan fingerprint density at radius 3 is 2.48 bits per heavy atom. The summed E-state index contributed by atoms with van der Waals surface area (Å²) in [6, 6.07) is 12.6. The zero-order valence-corrected chi connectivity index (χ0v) is 16.1. The average molecular weight is 389 g/mol. The molecule has 1 amide bonds. The van der Waals surface area contributed by atoms with Gasteiger partial charge in [0.25, 0.3) is 11.8 Å². The molecule has 1 N–H and O–H groups in total. The van der Waals surface area contributed by atoms with Crippen LogP contribution < -0.4 is 15.0 Å². The molecule has 7 nitrogen and oxygen atoms in total. The highest BCUT2D eigenvalue weighted by Gasteiger charge is 2.18. The number of piperidine rings is 1. The molecule has 0 aliphatic carbocycles. The second-order valence-electron chi connectivity index (χ2n) is 6.86. The van der Waals surface area contributed by atoms with Crippen molar-refractivity contribution in [3.8, 4) is 11.6 Å². The zero-order chi connectivity index (χ0) is 19.9. The van der Waals surface area contributed by atoms with Crippen molar-refractivity contribution in [2.45, 2.75) is 25.8 Å². The van der Waals surface area contributed by atoms with E-state index in [1.807, 2.05) is 18.2 Å². The van der Waals surface area contributed by atoms with Crippen molar-refractivity contribution in [2.75, 3.05) is 18.0 Å². The van der Waals surface area contributed by atoms with E-state index in [-0.39, 0.29) is 5.91 Å². The number of aromatic nitrogens is 3. The largest absolute Gasteiger partial charge is 0.436 e. The zero-order valence-electron chi connectivity index (χ0n) is 16.1. The molecular weight excluding hydrogens is 366 g/mol. The molecule has 0 bridgehead atoms. The van der Waals surface area contributed by atoms with Gasteiger partial charge >= 0.3 is 0 Å². The molecule has 2 aromatic heterocycles. The number of hydrogen-bond donors (Lipinski definition) is 1. The topological polar surface area (TPSA) is 80.2 Å². The highest BCUT2D eigenvalue weighted by molar-refractivity contribution is 5.94. The van der Waals surface area contributed by atoms with Crippen LogP contribution in [0.2, 0.25) is 0 Å². The van der Waals surface area contributed by atoms with Gasteiger partial charge in [-0.1, -0.05) is 6.07 Å². The third-order valence-electron chi connectivity index (χ3n) is 4.79. The molecular formula is C22H23N5O2. The van der Waals surface area contributed by atoms with Crippen molar-refractivity contribution in [1.82, 2.24) is 20.3 Å². The summed E-state index contributed by atoms with van der Waals surface area (Å²) in [5, 5.41) is 2.87. The summed E-state index contributed by atoms with van der Waals surface area (Å²) in [5.74, 6) is 1.71. The van der Waals surface area contributed by atoms with E-state index in [1.54, 1.807) is 42.9 Å². The fraction of sp³-hybridized carbons (Fsp3) is 0.273. The third kappa shape index (κ3) is 4.87. The maximum Gasteiger partial charge on any atom is 0.263 e. The van der Waals surface area contributed by atoms with E-state index >= 15 is 0 Å². The van der Waals surface area contributed by atoms with Gasteiger partial charge in [-0.2, -0.15) is 0 Å². The molecule has 1 fully saturated rings. The van der Waals surface area contributed by atoms with Crippen molar-refractivity contribution in [3.05, 3.63) is 72.3 Å². The van der Waals surface area contributed by atoms with Crippen molar-refractivity contribution >= 4 is 11.7 Å². The minimum absolute atomic E-state index is 0.157. The van der Waals surface area contributed by atoms with Gasteiger partial charge in [-0.3, -0.25) is 9.78 Å². The Morgan fingerprint density at radius 1 is 0.931 bits per heavy atom. The first-order valence-corrected chi connectivity index (χ1v) is 9.81. The van der Waals surface area contributed by atoms with Gasteiger partial charge in [-0.15, -0.1) is 0 Å². The van der Waals surface area contributed by atoms with Crippen LogP contribution in [0, 0.1) is 0 Å². The van der Waals surface area contributed by atoms with Crippen LogP contribution in [0.15, 0.2) is 61.1 Å². The van der Waals surface area contributed by atoms with Crippen molar-refractivity contribution < 1.29 is 9.53 Å². The van der Waals surface area contributed by atoms with Gasteiger partial charge in [0.05, 0.1) is 12.2 Å². The minimum atomic E-state index is -0.157. The molecule has 1 saturated heterocycles. The van der Waals surface area contributed by atoms with E-state index in [1.165, 1.54) is 6.42 Å². The van der Waals surface area contributed by atoms with Crippen LogP contribution in [0.3, 0.4) is 0 Å². The number of ether oxygens (including phenoxy) is 1. The summed E-state index contributed by atoms with van der Waals surface area (Å²) in [6.07, 6.45) is 8.57. The van der Waals surface area contributed by atoms with E-state index in [9.17, 15) is 4.79 Å².